The van der Waals surface area contributed by atoms with Crippen LogP contribution in [0.5, 0.6) is 0 Å². The Bertz CT molecular complexity index is 1100. The van der Waals surface area contributed by atoms with E-state index in [1.807, 2.05) is 25.1 Å². The summed E-state index contributed by atoms with van der Waals surface area (Å²) in [6, 6.07) is 13.1. The van der Waals surface area contributed by atoms with Gasteiger partial charge in [0.25, 0.3) is 0 Å². The Morgan fingerprint density at radius 1 is 1.04 bits per heavy atom. The third-order valence-electron chi connectivity index (χ3n) is 4.07. The Labute approximate surface area is 160 Å². The van der Waals surface area contributed by atoms with Crippen LogP contribution in [-0.4, -0.2) is 32.3 Å². The maximum absolute atomic E-state index is 13.3. The van der Waals surface area contributed by atoms with Crippen molar-refractivity contribution >= 4 is 15.7 Å². The second-order valence-corrected chi connectivity index (χ2v) is 7.87. The highest BCUT2D eigenvalue weighted by atomic mass is 32.2. The van der Waals surface area contributed by atoms with Gasteiger partial charge >= 0.3 is 6.18 Å². The van der Waals surface area contributed by atoms with Gasteiger partial charge in [-0.15, -0.1) is 0 Å². The first kappa shape index (κ1) is 19.9. The number of hydrogen-bond acceptors (Lipinski definition) is 4. The first-order chi connectivity index (χ1) is 13.0. The predicted molar refractivity (Wildman–Crippen MR) is 99.7 cm³/mol. The van der Waals surface area contributed by atoms with E-state index in [4.69, 9.17) is 5.14 Å². The van der Waals surface area contributed by atoms with E-state index in [1.165, 1.54) is 24.3 Å². The van der Waals surface area contributed by atoms with Crippen LogP contribution in [0.25, 0.3) is 16.9 Å². The van der Waals surface area contributed by atoms with Gasteiger partial charge in [0, 0.05) is 25.3 Å². The smallest absolute Gasteiger partial charge is 0.378 e. The highest BCUT2D eigenvalue weighted by Gasteiger charge is 2.35. The first-order valence-corrected chi connectivity index (χ1v) is 9.60. The van der Waals surface area contributed by atoms with E-state index in [2.05, 4.69) is 5.10 Å². The van der Waals surface area contributed by atoms with Crippen LogP contribution in [-0.2, 0) is 16.2 Å². The van der Waals surface area contributed by atoms with Gasteiger partial charge in [0.1, 0.15) is 0 Å². The van der Waals surface area contributed by atoms with E-state index in [1.54, 1.807) is 18.2 Å². The number of alkyl halides is 3. The van der Waals surface area contributed by atoms with E-state index in [0.29, 0.717) is 5.56 Å². The highest BCUT2D eigenvalue weighted by molar-refractivity contribution is 7.89. The molecule has 0 radical (unpaired) electrons. The Balaban J connectivity index is 2.18. The predicted octanol–water partition coefficient (Wildman–Crippen LogP) is 3.27. The molecule has 0 aliphatic carbocycles. The minimum absolute atomic E-state index is 0.143. The standard InChI is InChI=1S/C18H17F3N4O2S/c1-24(2)14-5-3-4-12(10-14)16-11-17(18(19,20)21)23-25(16)13-6-8-15(9-7-13)28(22,26)27/h3-11H,1-2H3,(H2,22,26,27). The van der Waals surface area contributed by atoms with Crippen molar-refractivity contribution in [3.63, 3.8) is 0 Å². The molecule has 0 bridgehead atoms. The van der Waals surface area contributed by atoms with Crippen molar-refractivity contribution in [3.8, 4) is 16.9 Å². The van der Waals surface area contributed by atoms with E-state index in [9.17, 15) is 21.6 Å². The zero-order chi connectivity index (χ0) is 20.7. The molecule has 0 atom stereocenters. The van der Waals surface area contributed by atoms with Gasteiger partial charge in [-0.3, -0.25) is 0 Å². The summed E-state index contributed by atoms with van der Waals surface area (Å²) < 4.78 is 63.7. The molecule has 6 nitrogen and oxygen atoms in total. The summed E-state index contributed by atoms with van der Waals surface area (Å²) in [6.45, 7) is 0. The van der Waals surface area contributed by atoms with Crippen molar-refractivity contribution in [2.24, 2.45) is 5.14 Å². The molecule has 0 unspecified atom stereocenters. The molecule has 0 saturated heterocycles. The molecule has 0 amide bonds. The SMILES string of the molecule is CN(C)c1cccc(-c2cc(C(F)(F)F)nn2-c2ccc(S(N)(=O)=O)cc2)c1. The summed E-state index contributed by atoms with van der Waals surface area (Å²) in [4.78, 5) is 1.69. The molecule has 148 valence electrons. The van der Waals surface area contributed by atoms with Crippen molar-refractivity contribution in [1.29, 1.82) is 0 Å². The van der Waals surface area contributed by atoms with Crippen LogP contribution in [0, 0.1) is 0 Å². The summed E-state index contributed by atoms with van der Waals surface area (Å²) in [6.07, 6.45) is -4.63. The molecule has 28 heavy (non-hydrogen) atoms. The number of halogens is 3. The summed E-state index contributed by atoms with van der Waals surface area (Å²) in [7, 11) is -0.267. The fourth-order valence-electron chi connectivity index (χ4n) is 2.64. The lowest BCUT2D eigenvalue weighted by Gasteiger charge is -2.14. The average Bonchev–Trinajstić information content (AvgIpc) is 3.07. The number of aromatic nitrogens is 2. The lowest BCUT2D eigenvalue weighted by molar-refractivity contribution is -0.141. The normalized spacial score (nSPS) is 12.2. The van der Waals surface area contributed by atoms with Crippen molar-refractivity contribution in [1.82, 2.24) is 9.78 Å². The minimum Gasteiger partial charge on any atom is -0.378 e. The van der Waals surface area contributed by atoms with E-state index >= 15 is 0 Å². The van der Waals surface area contributed by atoms with E-state index < -0.39 is 21.9 Å². The molecule has 2 aromatic carbocycles. The van der Waals surface area contributed by atoms with Gasteiger partial charge < -0.3 is 4.90 Å². The molecule has 1 aromatic heterocycles. The molecular weight excluding hydrogens is 393 g/mol. The van der Waals surface area contributed by atoms with E-state index in [0.717, 1.165) is 16.4 Å². The van der Waals surface area contributed by atoms with Crippen LogP contribution >= 0.6 is 0 Å². The van der Waals surface area contributed by atoms with Gasteiger partial charge in [-0.05, 0) is 42.5 Å². The van der Waals surface area contributed by atoms with E-state index in [-0.39, 0.29) is 16.3 Å². The van der Waals surface area contributed by atoms with Crippen molar-refractivity contribution in [2.45, 2.75) is 11.1 Å². The second-order valence-electron chi connectivity index (χ2n) is 6.31. The van der Waals surface area contributed by atoms with Crippen molar-refractivity contribution in [3.05, 3.63) is 60.3 Å². The molecule has 1 heterocycles. The van der Waals surface area contributed by atoms with Crippen LogP contribution in [0.15, 0.2) is 59.5 Å². The topological polar surface area (TPSA) is 81.2 Å². The Morgan fingerprint density at radius 3 is 2.21 bits per heavy atom. The summed E-state index contributed by atoms with van der Waals surface area (Å²) in [5, 5.41) is 8.76. The maximum Gasteiger partial charge on any atom is 0.435 e. The summed E-state index contributed by atoms with van der Waals surface area (Å²) in [5.74, 6) is 0. The van der Waals surface area contributed by atoms with Crippen LogP contribution in [0.3, 0.4) is 0 Å². The van der Waals surface area contributed by atoms with Gasteiger partial charge in [0.2, 0.25) is 10.0 Å². The monoisotopic (exact) mass is 410 g/mol. The summed E-state index contributed by atoms with van der Waals surface area (Å²) in [5.41, 5.74) is 0.786. The summed E-state index contributed by atoms with van der Waals surface area (Å²) >= 11 is 0. The van der Waals surface area contributed by atoms with Gasteiger partial charge in [0.15, 0.2) is 5.69 Å². The maximum atomic E-state index is 13.3. The lowest BCUT2D eigenvalue weighted by Crippen LogP contribution is -2.12. The molecule has 0 fully saturated rings. The van der Waals surface area contributed by atoms with Crippen LogP contribution < -0.4 is 10.0 Å². The fraction of sp³-hybridized carbons (Fsp3) is 0.167. The van der Waals surface area contributed by atoms with Crippen molar-refractivity contribution in [2.75, 3.05) is 19.0 Å². The van der Waals surface area contributed by atoms with Gasteiger partial charge in [-0.2, -0.15) is 18.3 Å². The third-order valence-corrected chi connectivity index (χ3v) is 5.00. The molecule has 0 saturated carbocycles. The minimum atomic E-state index is -4.63. The first-order valence-electron chi connectivity index (χ1n) is 8.05. The van der Waals surface area contributed by atoms with Crippen LogP contribution in [0.2, 0.25) is 0 Å². The zero-order valence-electron chi connectivity index (χ0n) is 15.0. The molecular formula is C18H17F3N4O2S. The third kappa shape index (κ3) is 4.02. The van der Waals surface area contributed by atoms with Gasteiger partial charge in [0.05, 0.1) is 16.3 Å². The Kier molecular flexibility index (Phi) is 4.94. The quantitative estimate of drug-likeness (QED) is 0.716. The second kappa shape index (κ2) is 6.95. The molecule has 2 N–H and O–H groups in total. The van der Waals surface area contributed by atoms with Crippen molar-refractivity contribution < 1.29 is 21.6 Å². The number of hydrogen-bond donors (Lipinski definition) is 1. The molecule has 0 aliphatic heterocycles. The molecule has 0 aliphatic rings. The fourth-order valence-corrected chi connectivity index (χ4v) is 3.16. The van der Waals surface area contributed by atoms with Gasteiger partial charge in [-0.1, -0.05) is 12.1 Å². The zero-order valence-corrected chi connectivity index (χ0v) is 15.8. The number of nitrogens with two attached hydrogens (primary N) is 1. The molecule has 10 heteroatoms. The molecule has 3 rings (SSSR count). The molecule has 3 aromatic rings. The highest BCUT2D eigenvalue weighted by Crippen LogP contribution is 2.34. The Morgan fingerprint density at radius 2 is 1.68 bits per heavy atom. The van der Waals surface area contributed by atoms with Crippen LogP contribution in [0.1, 0.15) is 5.69 Å². The number of rotatable bonds is 4. The number of nitrogens with zero attached hydrogens (tertiary/aromatic N) is 3. The van der Waals surface area contributed by atoms with Gasteiger partial charge in [-0.25, -0.2) is 18.2 Å². The van der Waals surface area contributed by atoms with Crippen LogP contribution in [0.4, 0.5) is 18.9 Å². The number of primary sulfonamides is 1. The number of anilines is 1. The Hall–Kier alpha value is -2.85. The average molecular weight is 410 g/mol. The number of benzene rings is 2. The largest absolute Gasteiger partial charge is 0.435 e. The lowest BCUT2D eigenvalue weighted by atomic mass is 10.1. The number of sulfonamides is 1. The molecule has 0 spiro atoms.